The molecule has 2 aromatic heterocycles. The first-order valence-corrected chi connectivity index (χ1v) is 8.74. The quantitative estimate of drug-likeness (QED) is 0.752. The van der Waals surface area contributed by atoms with Crippen LogP contribution in [0.5, 0.6) is 5.75 Å². The maximum atomic E-state index is 12.5. The molecule has 0 saturated carbocycles. The molecule has 1 amide bonds. The van der Waals surface area contributed by atoms with Crippen LogP contribution in [-0.4, -0.2) is 39.1 Å². The summed E-state index contributed by atoms with van der Waals surface area (Å²) in [5.74, 6) is 1.42. The predicted molar refractivity (Wildman–Crippen MR) is 94.0 cm³/mol. The Kier molecular flexibility index (Phi) is 3.96. The molecular weight excluding hydrogens is 338 g/mol. The number of hydrogen-bond acceptors (Lipinski definition) is 6. The van der Waals surface area contributed by atoms with Crippen LogP contribution in [0, 0.1) is 6.92 Å². The molecule has 0 fully saturated rings. The lowest BCUT2D eigenvalue weighted by Crippen LogP contribution is -2.26. The Balaban J connectivity index is 1.73. The normalized spacial score (nSPS) is 16.9. The fourth-order valence-corrected chi connectivity index (χ4v) is 3.74. The van der Waals surface area contributed by atoms with Gasteiger partial charge in [0.1, 0.15) is 16.3 Å². The summed E-state index contributed by atoms with van der Waals surface area (Å²) in [5, 5.41) is 6.98. The van der Waals surface area contributed by atoms with Gasteiger partial charge in [0.05, 0.1) is 12.8 Å². The maximum Gasteiger partial charge on any atom is 0.271 e. The van der Waals surface area contributed by atoms with Crippen molar-refractivity contribution in [2.45, 2.75) is 19.3 Å². The minimum Gasteiger partial charge on any atom is -0.496 e. The smallest absolute Gasteiger partial charge is 0.271 e. The van der Waals surface area contributed by atoms with Gasteiger partial charge in [-0.05, 0) is 36.5 Å². The minimum absolute atomic E-state index is 0.107. The van der Waals surface area contributed by atoms with E-state index in [2.05, 4.69) is 24.9 Å². The molecule has 8 heteroatoms. The van der Waals surface area contributed by atoms with Gasteiger partial charge >= 0.3 is 0 Å². The Hall–Kier alpha value is -2.74. The van der Waals surface area contributed by atoms with Crippen molar-refractivity contribution in [1.29, 1.82) is 0 Å². The number of carbonyl (C=O) groups is 1. The van der Waals surface area contributed by atoms with E-state index in [1.165, 1.54) is 11.5 Å². The lowest BCUT2D eigenvalue weighted by molar-refractivity contribution is 0.0950. The second-order valence-electron chi connectivity index (χ2n) is 5.95. The number of benzene rings is 1. The van der Waals surface area contributed by atoms with E-state index < -0.39 is 0 Å². The number of carbonyl (C=O) groups excluding carboxylic acids is 1. The average molecular weight is 355 g/mol. The second-order valence-corrected chi connectivity index (χ2v) is 6.71. The van der Waals surface area contributed by atoms with E-state index in [4.69, 9.17) is 4.74 Å². The molecule has 1 aliphatic rings. The molecule has 25 heavy (non-hydrogen) atoms. The fraction of sp³-hybridized carbons (Fsp3) is 0.294. The topological polar surface area (TPSA) is 92.8 Å². The number of nitrogens with zero attached hydrogens (tertiary/aromatic N) is 3. The molecule has 1 atom stereocenters. The van der Waals surface area contributed by atoms with Crippen LogP contribution in [0.25, 0.3) is 10.7 Å². The molecule has 1 aliphatic heterocycles. The zero-order chi connectivity index (χ0) is 17.4. The van der Waals surface area contributed by atoms with E-state index in [1.54, 1.807) is 7.11 Å². The van der Waals surface area contributed by atoms with Crippen LogP contribution in [0.2, 0.25) is 0 Å². The molecule has 0 aliphatic carbocycles. The van der Waals surface area contributed by atoms with Crippen molar-refractivity contribution in [1.82, 2.24) is 24.9 Å². The molecule has 1 aromatic carbocycles. The SMILES string of the molecule is COc1ccccc1[C@H]1CNC(=O)c2nc(-c3snnc3C)[nH]c2C1. The minimum atomic E-state index is -0.162. The van der Waals surface area contributed by atoms with Gasteiger partial charge in [-0.1, -0.05) is 22.7 Å². The number of methoxy groups -OCH3 is 1. The van der Waals surface area contributed by atoms with Crippen molar-refractivity contribution in [2.24, 2.45) is 0 Å². The summed E-state index contributed by atoms with van der Waals surface area (Å²) >= 11 is 1.27. The lowest BCUT2D eigenvalue weighted by atomic mass is 9.93. The van der Waals surface area contributed by atoms with Crippen LogP contribution < -0.4 is 10.1 Å². The van der Waals surface area contributed by atoms with Crippen molar-refractivity contribution in [3.8, 4) is 16.5 Å². The van der Waals surface area contributed by atoms with Gasteiger partial charge in [0, 0.05) is 18.2 Å². The number of imidazole rings is 1. The van der Waals surface area contributed by atoms with Gasteiger partial charge in [-0.15, -0.1) is 5.10 Å². The summed E-state index contributed by atoms with van der Waals surface area (Å²) in [7, 11) is 1.66. The Morgan fingerprint density at radius 2 is 2.16 bits per heavy atom. The van der Waals surface area contributed by atoms with E-state index >= 15 is 0 Å². The third kappa shape index (κ3) is 2.78. The summed E-state index contributed by atoms with van der Waals surface area (Å²) in [4.78, 5) is 21.1. The summed E-state index contributed by atoms with van der Waals surface area (Å²) in [5.41, 5.74) is 3.15. The van der Waals surface area contributed by atoms with E-state index in [0.29, 0.717) is 24.5 Å². The first-order valence-electron chi connectivity index (χ1n) is 7.96. The number of hydrogen-bond donors (Lipinski definition) is 2. The third-order valence-corrected chi connectivity index (χ3v) is 5.23. The van der Waals surface area contributed by atoms with Crippen LogP contribution in [0.15, 0.2) is 24.3 Å². The summed E-state index contributed by atoms with van der Waals surface area (Å²) in [6.07, 6.45) is 0.673. The van der Waals surface area contributed by atoms with Crippen LogP contribution in [-0.2, 0) is 6.42 Å². The van der Waals surface area contributed by atoms with Crippen molar-refractivity contribution in [3.05, 3.63) is 46.9 Å². The number of ether oxygens (including phenoxy) is 1. The zero-order valence-corrected chi connectivity index (χ0v) is 14.7. The van der Waals surface area contributed by atoms with Crippen LogP contribution in [0.4, 0.5) is 0 Å². The predicted octanol–water partition coefficient (Wildman–Crippen LogP) is 2.31. The molecule has 4 rings (SSSR count). The van der Waals surface area contributed by atoms with Gasteiger partial charge < -0.3 is 15.0 Å². The number of para-hydroxylation sites is 1. The molecular formula is C17H17N5O2S. The molecule has 3 aromatic rings. The molecule has 0 saturated heterocycles. The van der Waals surface area contributed by atoms with Gasteiger partial charge in [0.25, 0.3) is 5.91 Å². The van der Waals surface area contributed by atoms with E-state index in [1.807, 2.05) is 31.2 Å². The van der Waals surface area contributed by atoms with E-state index in [-0.39, 0.29) is 11.8 Å². The Labute approximate surface area is 148 Å². The highest BCUT2D eigenvalue weighted by atomic mass is 32.1. The van der Waals surface area contributed by atoms with Gasteiger partial charge in [-0.2, -0.15) is 0 Å². The highest BCUT2D eigenvalue weighted by molar-refractivity contribution is 7.09. The average Bonchev–Trinajstić information content (AvgIpc) is 3.20. The molecule has 7 nitrogen and oxygen atoms in total. The number of fused-ring (bicyclic) bond motifs is 1. The molecule has 0 radical (unpaired) electrons. The molecule has 0 unspecified atom stereocenters. The molecule has 128 valence electrons. The Bertz CT molecular complexity index is 933. The molecule has 3 heterocycles. The molecule has 2 N–H and O–H groups in total. The van der Waals surface area contributed by atoms with Gasteiger partial charge in [0.15, 0.2) is 5.82 Å². The number of rotatable bonds is 3. The summed E-state index contributed by atoms with van der Waals surface area (Å²) < 4.78 is 9.42. The van der Waals surface area contributed by atoms with E-state index in [0.717, 1.165) is 27.6 Å². The van der Waals surface area contributed by atoms with Gasteiger partial charge in [0.2, 0.25) is 0 Å². The van der Waals surface area contributed by atoms with Crippen molar-refractivity contribution in [2.75, 3.05) is 13.7 Å². The number of nitrogens with one attached hydrogen (secondary N) is 2. The number of amides is 1. The number of aromatic amines is 1. The second kappa shape index (κ2) is 6.29. The summed E-state index contributed by atoms with van der Waals surface area (Å²) in [6, 6.07) is 7.90. The highest BCUT2D eigenvalue weighted by Crippen LogP contribution is 2.32. The number of aryl methyl sites for hydroxylation is 1. The maximum absolute atomic E-state index is 12.5. The first-order chi connectivity index (χ1) is 12.2. The van der Waals surface area contributed by atoms with Gasteiger partial charge in [-0.3, -0.25) is 4.79 Å². The van der Waals surface area contributed by atoms with Crippen molar-refractivity contribution in [3.63, 3.8) is 0 Å². The van der Waals surface area contributed by atoms with Crippen LogP contribution in [0.1, 0.15) is 33.4 Å². The monoisotopic (exact) mass is 355 g/mol. The number of H-pyrrole nitrogens is 1. The first kappa shape index (κ1) is 15.8. The van der Waals surface area contributed by atoms with Crippen molar-refractivity contribution < 1.29 is 9.53 Å². The highest BCUT2D eigenvalue weighted by Gasteiger charge is 2.28. The largest absolute Gasteiger partial charge is 0.496 e. The Morgan fingerprint density at radius 1 is 1.32 bits per heavy atom. The molecule has 0 spiro atoms. The zero-order valence-electron chi connectivity index (χ0n) is 13.9. The molecule has 0 bridgehead atoms. The van der Waals surface area contributed by atoms with Gasteiger partial charge in [-0.25, -0.2) is 4.98 Å². The Morgan fingerprint density at radius 3 is 2.92 bits per heavy atom. The fourth-order valence-electron chi connectivity index (χ4n) is 3.14. The van der Waals surface area contributed by atoms with Crippen LogP contribution >= 0.6 is 11.5 Å². The third-order valence-electron chi connectivity index (χ3n) is 4.40. The lowest BCUT2D eigenvalue weighted by Gasteiger charge is -2.17. The summed E-state index contributed by atoms with van der Waals surface area (Å²) in [6.45, 7) is 2.42. The standard InChI is InChI=1S/C17H17N5O2S/c1-9-15(25-22-21-9)16-19-12-7-10(8-18-17(23)14(12)20-16)11-5-3-4-6-13(11)24-2/h3-6,10H,7-8H2,1-2H3,(H,18,23)(H,19,20)/t10-/m1/s1. The number of aromatic nitrogens is 4. The van der Waals surface area contributed by atoms with E-state index in [9.17, 15) is 4.79 Å². The van der Waals surface area contributed by atoms with Crippen LogP contribution in [0.3, 0.4) is 0 Å². The van der Waals surface area contributed by atoms with Crippen molar-refractivity contribution >= 4 is 17.4 Å².